The van der Waals surface area contributed by atoms with E-state index < -0.39 is 5.41 Å². The van der Waals surface area contributed by atoms with E-state index in [1.807, 2.05) is 52.0 Å². The number of nitrogens with one attached hydrogen (secondary N) is 1. The highest BCUT2D eigenvalue weighted by Crippen LogP contribution is 2.32. The Kier molecular flexibility index (Phi) is 8.96. The van der Waals surface area contributed by atoms with Crippen LogP contribution >= 0.6 is 23.8 Å². The zero-order valence-electron chi connectivity index (χ0n) is 20.6. The van der Waals surface area contributed by atoms with Crippen LogP contribution in [0.15, 0.2) is 30.3 Å². The Morgan fingerprint density at radius 1 is 1.21 bits per heavy atom. The number of rotatable bonds is 8. The van der Waals surface area contributed by atoms with Crippen LogP contribution in [-0.4, -0.2) is 37.4 Å². The average molecular weight is 504 g/mol. The molecule has 0 spiro atoms. The molecule has 1 atom stereocenters. The fraction of sp³-hybridized carbons (Fsp3) is 0.481. The van der Waals surface area contributed by atoms with Gasteiger partial charge in [-0.1, -0.05) is 29.9 Å². The van der Waals surface area contributed by atoms with Crippen LogP contribution in [0.5, 0.6) is 5.75 Å². The van der Waals surface area contributed by atoms with Crippen LogP contribution in [0, 0.1) is 13.8 Å². The molecule has 2 aromatic rings. The van der Waals surface area contributed by atoms with Gasteiger partial charge in [-0.25, -0.2) is 0 Å². The van der Waals surface area contributed by atoms with E-state index in [2.05, 4.69) is 5.32 Å². The molecule has 34 heavy (non-hydrogen) atoms. The third-order valence-corrected chi connectivity index (χ3v) is 6.98. The molecule has 0 radical (unpaired) electrons. The zero-order valence-corrected chi connectivity index (χ0v) is 22.2. The number of carbonyl (C=O) groups is 1. The van der Waals surface area contributed by atoms with Gasteiger partial charge in [0, 0.05) is 18.6 Å². The lowest BCUT2D eigenvalue weighted by Crippen LogP contribution is -2.30. The number of hydrogen-bond donors (Lipinski definition) is 1. The molecule has 0 aliphatic carbocycles. The number of esters is 1. The van der Waals surface area contributed by atoms with Gasteiger partial charge in [-0.15, -0.1) is 0 Å². The summed E-state index contributed by atoms with van der Waals surface area (Å²) in [6.07, 6.45) is 4.70. The van der Waals surface area contributed by atoms with Crippen molar-refractivity contribution in [1.82, 2.24) is 0 Å². The van der Waals surface area contributed by atoms with Crippen molar-refractivity contribution in [3.05, 3.63) is 57.6 Å². The van der Waals surface area contributed by atoms with Crippen molar-refractivity contribution in [3.63, 3.8) is 0 Å². The second-order valence-electron chi connectivity index (χ2n) is 9.32. The van der Waals surface area contributed by atoms with E-state index in [1.165, 1.54) is 13.5 Å². The Balaban J connectivity index is 1.72. The number of methoxy groups -OCH3 is 1. The molecule has 7 heteroatoms. The Bertz CT molecular complexity index is 1020. The van der Waals surface area contributed by atoms with Gasteiger partial charge in [0.25, 0.3) is 0 Å². The summed E-state index contributed by atoms with van der Waals surface area (Å²) in [5, 5.41) is 3.79. The van der Waals surface area contributed by atoms with Gasteiger partial charge in [-0.2, -0.15) is 0 Å². The molecule has 1 fully saturated rings. The Hall–Kier alpha value is -2.15. The minimum absolute atomic E-state index is 0.302. The highest BCUT2D eigenvalue weighted by molar-refractivity contribution is 7.81. The number of aryl methyl sites for hydroxylation is 2. The second-order valence-corrected chi connectivity index (χ2v) is 10.1. The van der Waals surface area contributed by atoms with Gasteiger partial charge in [0.15, 0.2) is 0 Å². The molecule has 1 N–H and O–H groups in total. The predicted octanol–water partition coefficient (Wildman–Crippen LogP) is 6.53. The van der Waals surface area contributed by atoms with Crippen molar-refractivity contribution >= 4 is 40.5 Å². The van der Waals surface area contributed by atoms with Crippen molar-refractivity contribution in [2.24, 2.45) is 0 Å². The van der Waals surface area contributed by atoms with Gasteiger partial charge in [0.1, 0.15) is 10.7 Å². The fourth-order valence-electron chi connectivity index (χ4n) is 4.28. The molecule has 5 nitrogen and oxygen atoms in total. The predicted molar refractivity (Wildman–Crippen MR) is 141 cm³/mol. The molecule has 2 aromatic carbocycles. The maximum atomic E-state index is 12.2. The first-order valence-electron chi connectivity index (χ1n) is 11.7. The summed E-state index contributed by atoms with van der Waals surface area (Å²) in [6.45, 7) is 9.16. The second kappa shape index (κ2) is 11.5. The molecule has 0 aromatic heterocycles. The Morgan fingerprint density at radius 2 is 1.91 bits per heavy atom. The van der Waals surface area contributed by atoms with Crippen LogP contribution in [-0.2, 0) is 19.7 Å². The Labute approximate surface area is 213 Å². The number of thiocarbonyl (C=S) groups is 1. The van der Waals surface area contributed by atoms with Crippen LogP contribution in [0.2, 0.25) is 5.02 Å². The summed E-state index contributed by atoms with van der Waals surface area (Å²) in [4.78, 5) is 12.8. The van der Waals surface area contributed by atoms with Crippen molar-refractivity contribution < 1.29 is 19.0 Å². The average Bonchev–Trinajstić information content (AvgIpc) is 2.80. The van der Waals surface area contributed by atoms with Gasteiger partial charge in [0.2, 0.25) is 0 Å². The van der Waals surface area contributed by atoms with E-state index in [9.17, 15) is 4.79 Å². The van der Waals surface area contributed by atoms with E-state index in [-0.39, 0.29) is 5.97 Å². The molecule has 0 saturated carbocycles. The minimum atomic E-state index is -0.815. The van der Waals surface area contributed by atoms with E-state index >= 15 is 0 Å². The molecule has 0 bridgehead atoms. The number of hydrogen-bond acceptors (Lipinski definition) is 5. The van der Waals surface area contributed by atoms with E-state index in [0.717, 1.165) is 53.9 Å². The molecule has 1 aliphatic rings. The largest absolute Gasteiger partial charge is 0.493 e. The van der Waals surface area contributed by atoms with Crippen LogP contribution in [0.4, 0.5) is 5.69 Å². The molecule has 3 rings (SSSR count). The summed E-state index contributed by atoms with van der Waals surface area (Å²) in [7, 11) is 1.39. The van der Waals surface area contributed by atoms with Gasteiger partial charge < -0.3 is 19.5 Å². The van der Waals surface area contributed by atoms with Crippen LogP contribution in [0.25, 0.3) is 0 Å². The van der Waals surface area contributed by atoms with Gasteiger partial charge >= 0.3 is 5.97 Å². The van der Waals surface area contributed by atoms with Crippen molar-refractivity contribution in [2.45, 2.75) is 64.9 Å². The lowest BCUT2D eigenvalue weighted by molar-refractivity contribution is -0.146. The van der Waals surface area contributed by atoms with Crippen LogP contribution in [0.3, 0.4) is 0 Å². The quantitative estimate of drug-likeness (QED) is 0.326. The number of anilines is 1. The first-order chi connectivity index (χ1) is 16.1. The summed E-state index contributed by atoms with van der Waals surface area (Å²) >= 11 is 12.2. The lowest BCUT2D eigenvalue weighted by atomic mass is 9.84. The topological polar surface area (TPSA) is 56.8 Å². The number of benzene rings is 2. The zero-order chi connectivity index (χ0) is 24.9. The molecule has 1 unspecified atom stereocenters. The first-order valence-corrected chi connectivity index (χ1v) is 12.5. The highest BCUT2D eigenvalue weighted by Gasteiger charge is 2.31. The van der Waals surface area contributed by atoms with E-state index in [4.69, 9.17) is 38.0 Å². The van der Waals surface area contributed by atoms with Gasteiger partial charge in [-0.05, 0) is 87.9 Å². The van der Waals surface area contributed by atoms with Crippen molar-refractivity contribution in [3.8, 4) is 5.75 Å². The van der Waals surface area contributed by atoms with Crippen molar-refractivity contribution in [2.75, 3.05) is 25.6 Å². The summed E-state index contributed by atoms with van der Waals surface area (Å²) < 4.78 is 16.8. The van der Waals surface area contributed by atoms with E-state index in [1.54, 1.807) is 6.07 Å². The summed E-state index contributed by atoms with van der Waals surface area (Å²) in [6, 6.07) is 9.46. The number of ether oxygens (including phenoxy) is 3. The molecule has 1 heterocycles. The van der Waals surface area contributed by atoms with Crippen LogP contribution in [0.1, 0.15) is 61.8 Å². The molecular formula is C27H34ClNO4S. The monoisotopic (exact) mass is 503 g/mol. The minimum Gasteiger partial charge on any atom is -0.493 e. The smallest absolute Gasteiger partial charge is 0.315 e. The molecule has 1 saturated heterocycles. The first kappa shape index (κ1) is 26.5. The van der Waals surface area contributed by atoms with Crippen molar-refractivity contribution in [1.29, 1.82) is 0 Å². The van der Waals surface area contributed by atoms with Gasteiger partial charge in [-0.3, -0.25) is 4.79 Å². The fourth-order valence-corrected chi connectivity index (χ4v) is 4.87. The summed E-state index contributed by atoms with van der Waals surface area (Å²) in [5.41, 5.74) is 3.59. The van der Waals surface area contributed by atoms with Gasteiger partial charge in [0.05, 0.1) is 35.9 Å². The highest BCUT2D eigenvalue weighted by atomic mass is 35.5. The van der Waals surface area contributed by atoms with Crippen LogP contribution < -0.4 is 10.1 Å². The summed E-state index contributed by atoms with van der Waals surface area (Å²) in [5.74, 6) is 0.512. The Morgan fingerprint density at radius 3 is 2.53 bits per heavy atom. The lowest BCUT2D eigenvalue weighted by Gasteiger charge is -2.24. The maximum Gasteiger partial charge on any atom is 0.315 e. The van der Waals surface area contributed by atoms with E-state index in [0.29, 0.717) is 28.4 Å². The normalized spacial score (nSPS) is 16.1. The molecule has 184 valence electrons. The molecule has 0 amide bonds. The number of halogens is 1. The SMILES string of the molecule is COC(=O)C(C)(C)c1ccc(Cl)c(NC(=S)c2c(C)cc(OCCC3CCCCO3)cc2C)c1. The number of carbonyl (C=O) groups excluding carboxylic acids is 1. The third kappa shape index (κ3) is 6.29. The maximum absolute atomic E-state index is 12.2. The molecular weight excluding hydrogens is 470 g/mol. The standard InChI is InChI=1S/C27H34ClNO4S/c1-17-14-21(33-13-11-20-8-6-7-12-32-20)15-18(2)24(17)25(34)29-23-16-19(9-10-22(23)28)27(3,4)26(30)31-5/h9-10,14-16,20H,6-8,11-13H2,1-5H3,(H,29,34). The third-order valence-electron chi connectivity index (χ3n) is 6.35. The molecule has 1 aliphatic heterocycles.